The van der Waals surface area contributed by atoms with Crippen molar-refractivity contribution in [2.24, 2.45) is 0 Å². The molecule has 116 valence electrons. The lowest BCUT2D eigenvalue weighted by Crippen LogP contribution is -2.27. The van der Waals surface area contributed by atoms with E-state index in [1.165, 1.54) is 6.20 Å². The van der Waals surface area contributed by atoms with Crippen molar-refractivity contribution in [2.75, 3.05) is 12.3 Å². The highest BCUT2D eigenvalue weighted by Gasteiger charge is 2.20. The molecular weight excluding hydrogens is 292 g/mol. The van der Waals surface area contributed by atoms with Gasteiger partial charge in [0, 0.05) is 25.5 Å². The topological polar surface area (TPSA) is 108 Å². The van der Waals surface area contributed by atoms with Gasteiger partial charge in [-0.3, -0.25) is 9.36 Å². The molecule has 0 aliphatic rings. The van der Waals surface area contributed by atoms with Crippen LogP contribution in [-0.2, 0) is 23.1 Å². The Morgan fingerprint density at radius 1 is 1.29 bits per heavy atom. The Bertz CT molecular complexity index is 703. The Labute approximate surface area is 124 Å². The van der Waals surface area contributed by atoms with E-state index in [9.17, 15) is 8.42 Å². The summed E-state index contributed by atoms with van der Waals surface area (Å²) in [5.41, 5.74) is 6.71. The van der Waals surface area contributed by atoms with Gasteiger partial charge in [0.05, 0.1) is 12.7 Å². The van der Waals surface area contributed by atoms with Crippen molar-refractivity contribution in [3.63, 3.8) is 0 Å². The van der Waals surface area contributed by atoms with Crippen LogP contribution in [0.1, 0.15) is 18.9 Å². The van der Waals surface area contributed by atoms with Gasteiger partial charge in [0.15, 0.2) is 5.82 Å². The van der Waals surface area contributed by atoms with Crippen LogP contribution in [0.5, 0.6) is 0 Å². The number of rotatable bonds is 7. The van der Waals surface area contributed by atoms with Gasteiger partial charge >= 0.3 is 0 Å². The van der Waals surface area contributed by atoms with Crippen LogP contribution in [0.4, 0.5) is 5.82 Å². The quantitative estimate of drug-likeness (QED) is 0.767. The van der Waals surface area contributed by atoms with Gasteiger partial charge in [0.1, 0.15) is 4.90 Å². The van der Waals surface area contributed by atoms with E-state index in [0.717, 1.165) is 12.0 Å². The van der Waals surface area contributed by atoms with Crippen molar-refractivity contribution in [1.82, 2.24) is 24.3 Å². The van der Waals surface area contributed by atoms with Crippen LogP contribution in [-0.4, -0.2) is 34.5 Å². The molecule has 0 radical (unpaired) electrons. The number of nitrogen functional groups attached to an aromatic ring is 1. The molecule has 2 aromatic rings. The fraction of sp³-hybridized carbons (Fsp3) is 0.500. The van der Waals surface area contributed by atoms with E-state index in [2.05, 4.69) is 14.9 Å². The second-order valence-corrected chi connectivity index (χ2v) is 6.56. The molecule has 0 amide bonds. The van der Waals surface area contributed by atoms with Crippen LogP contribution in [0.3, 0.4) is 0 Å². The number of nitrogens with zero attached hydrogens (tertiary/aromatic N) is 4. The molecule has 2 aromatic heterocycles. The largest absolute Gasteiger partial charge is 0.381 e. The minimum Gasteiger partial charge on any atom is -0.381 e. The normalized spacial score (nSPS) is 11.9. The number of sulfonamides is 1. The maximum Gasteiger partial charge on any atom is 0.245 e. The SMILES string of the molecule is CCCn1cc(S(=O)(=O)NCCn2cc(C)cn2)c(N)n1. The number of aryl methyl sites for hydroxylation is 2. The van der Waals surface area contributed by atoms with Crippen LogP contribution >= 0.6 is 0 Å². The molecule has 2 rings (SSSR count). The average Bonchev–Trinajstić information content (AvgIpc) is 2.96. The molecule has 9 heteroatoms. The molecule has 0 saturated heterocycles. The summed E-state index contributed by atoms with van der Waals surface area (Å²) in [6.45, 7) is 5.23. The van der Waals surface area contributed by atoms with Crippen molar-refractivity contribution >= 4 is 15.8 Å². The number of hydrogen-bond donors (Lipinski definition) is 2. The lowest BCUT2D eigenvalue weighted by Gasteiger charge is -2.05. The van der Waals surface area contributed by atoms with Gasteiger partial charge in [-0.15, -0.1) is 0 Å². The number of nitrogens with two attached hydrogens (primary N) is 1. The number of hydrogen-bond acceptors (Lipinski definition) is 5. The third-order valence-electron chi connectivity index (χ3n) is 2.89. The lowest BCUT2D eigenvalue weighted by molar-refractivity contribution is 0.560. The minimum absolute atomic E-state index is 0.0193. The van der Waals surface area contributed by atoms with E-state index in [1.54, 1.807) is 15.6 Å². The summed E-state index contributed by atoms with van der Waals surface area (Å²) in [7, 11) is -3.65. The molecule has 0 spiro atoms. The molecular formula is C12H20N6O2S. The molecule has 21 heavy (non-hydrogen) atoms. The maximum atomic E-state index is 12.2. The Balaban J connectivity index is 2.01. The van der Waals surface area contributed by atoms with Gasteiger partial charge in [0.25, 0.3) is 0 Å². The van der Waals surface area contributed by atoms with Crippen LogP contribution < -0.4 is 10.5 Å². The first-order valence-corrected chi connectivity index (χ1v) is 8.22. The average molecular weight is 312 g/mol. The monoisotopic (exact) mass is 312 g/mol. The minimum atomic E-state index is -3.65. The molecule has 8 nitrogen and oxygen atoms in total. The zero-order valence-electron chi connectivity index (χ0n) is 12.2. The molecule has 0 unspecified atom stereocenters. The summed E-state index contributed by atoms with van der Waals surface area (Å²) < 4.78 is 30.1. The first kappa shape index (κ1) is 15.5. The molecule has 0 aliphatic carbocycles. The van der Waals surface area contributed by atoms with Gasteiger partial charge in [-0.2, -0.15) is 10.2 Å². The van der Waals surface area contributed by atoms with E-state index in [0.29, 0.717) is 13.1 Å². The van der Waals surface area contributed by atoms with Crippen LogP contribution in [0.25, 0.3) is 0 Å². The molecule has 3 N–H and O–H groups in total. The van der Waals surface area contributed by atoms with Crippen molar-refractivity contribution < 1.29 is 8.42 Å². The van der Waals surface area contributed by atoms with Crippen molar-refractivity contribution in [3.8, 4) is 0 Å². The highest BCUT2D eigenvalue weighted by atomic mass is 32.2. The summed E-state index contributed by atoms with van der Waals surface area (Å²) in [6, 6.07) is 0. The molecule has 0 aliphatic heterocycles. The third-order valence-corrected chi connectivity index (χ3v) is 4.37. The number of aromatic nitrogens is 4. The molecule has 0 atom stereocenters. The van der Waals surface area contributed by atoms with Gasteiger partial charge in [-0.25, -0.2) is 13.1 Å². The zero-order valence-corrected chi connectivity index (χ0v) is 13.0. The van der Waals surface area contributed by atoms with E-state index in [-0.39, 0.29) is 17.3 Å². The van der Waals surface area contributed by atoms with Crippen molar-refractivity contribution in [1.29, 1.82) is 0 Å². The zero-order chi connectivity index (χ0) is 15.5. The van der Waals surface area contributed by atoms with Crippen LogP contribution in [0, 0.1) is 6.92 Å². The van der Waals surface area contributed by atoms with E-state index in [1.807, 2.05) is 20.0 Å². The maximum absolute atomic E-state index is 12.2. The highest BCUT2D eigenvalue weighted by Crippen LogP contribution is 2.16. The van der Waals surface area contributed by atoms with Crippen LogP contribution in [0.15, 0.2) is 23.5 Å². The summed E-state index contributed by atoms with van der Waals surface area (Å²) in [5.74, 6) is 0.0193. The molecule has 0 bridgehead atoms. The highest BCUT2D eigenvalue weighted by molar-refractivity contribution is 7.89. The Morgan fingerprint density at radius 2 is 2.05 bits per heavy atom. The summed E-state index contributed by atoms with van der Waals surface area (Å²) >= 11 is 0. The molecule has 0 saturated carbocycles. The molecule has 2 heterocycles. The summed E-state index contributed by atoms with van der Waals surface area (Å²) in [6.07, 6.45) is 5.88. The van der Waals surface area contributed by atoms with Gasteiger partial charge in [-0.1, -0.05) is 6.92 Å². The first-order valence-electron chi connectivity index (χ1n) is 6.74. The van der Waals surface area contributed by atoms with E-state index < -0.39 is 10.0 Å². The Hall–Kier alpha value is -1.87. The third kappa shape index (κ3) is 3.82. The second-order valence-electron chi connectivity index (χ2n) is 4.82. The van der Waals surface area contributed by atoms with Crippen molar-refractivity contribution in [2.45, 2.75) is 38.3 Å². The fourth-order valence-corrected chi connectivity index (χ4v) is 3.02. The van der Waals surface area contributed by atoms with Gasteiger partial charge in [-0.05, 0) is 18.9 Å². The van der Waals surface area contributed by atoms with Crippen molar-refractivity contribution in [3.05, 3.63) is 24.2 Å². The summed E-state index contributed by atoms with van der Waals surface area (Å²) in [5, 5.41) is 8.09. The fourth-order valence-electron chi connectivity index (χ4n) is 1.93. The Morgan fingerprint density at radius 3 is 2.67 bits per heavy atom. The molecule has 0 aromatic carbocycles. The molecule has 0 fully saturated rings. The number of anilines is 1. The number of nitrogens with one attached hydrogen (secondary N) is 1. The second kappa shape index (κ2) is 6.27. The lowest BCUT2D eigenvalue weighted by atomic mass is 10.4. The predicted molar refractivity (Wildman–Crippen MR) is 79.1 cm³/mol. The first-order chi connectivity index (χ1) is 9.92. The smallest absolute Gasteiger partial charge is 0.245 e. The van der Waals surface area contributed by atoms with Crippen LogP contribution in [0.2, 0.25) is 0 Å². The van der Waals surface area contributed by atoms with E-state index >= 15 is 0 Å². The van der Waals surface area contributed by atoms with Gasteiger partial charge < -0.3 is 5.73 Å². The van der Waals surface area contributed by atoms with Gasteiger partial charge in [0.2, 0.25) is 10.0 Å². The predicted octanol–water partition coefficient (Wildman–Crippen LogP) is 0.359. The summed E-state index contributed by atoms with van der Waals surface area (Å²) in [4.78, 5) is 0.0209. The standard InChI is InChI=1S/C12H20N6O2S/c1-3-5-18-9-11(12(13)16-18)21(19,20)15-4-6-17-8-10(2)7-14-17/h7-9,15H,3-6H2,1-2H3,(H2,13,16). The Kier molecular flexibility index (Phi) is 4.63. The van der Waals surface area contributed by atoms with E-state index in [4.69, 9.17) is 5.73 Å².